The molecule has 5 nitrogen and oxygen atoms in total. The Bertz CT molecular complexity index is 740. The standard InChI is InChI=1S/C19H22Cl2N2O3/c1-23(12-14-7-8-15(20)16(21)11-14)13-19(24)22-9-10-26-18-6-4-3-5-17(18)25-2/h3-8,11H,9-10,12-13H2,1-2H3,(H,22,24)/p+1. The molecule has 0 radical (unpaired) electrons. The SMILES string of the molecule is COc1ccccc1OCCNC(=O)C[NH+](C)Cc1ccc(Cl)c(Cl)c1. The Morgan fingerprint density at radius 2 is 1.85 bits per heavy atom. The van der Waals surface area contributed by atoms with E-state index < -0.39 is 0 Å². The van der Waals surface area contributed by atoms with Crippen molar-refractivity contribution >= 4 is 29.1 Å². The van der Waals surface area contributed by atoms with E-state index >= 15 is 0 Å². The Hall–Kier alpha value is -1.95. The maximum atomic E-state index is 12.0. The van der Waals surface area contributed by atoms with E-state index in [1.54, 1.807) is 13.2 Å². The number of likely N-dealkylation sites (N-methyl/N-ethyl adjacent to an activating group) is 1. The molecule has 0 saturated carbocycles. The average molecular weight is 398 g/mol. The van der Waals surface area contributed by atoms with Crippen molar-refractivity contribution in [1.82, 2.24) is 5.32 Å². The lowest BCUT2D eigenvalue weighted by molar-refractivity contribution is -0.885. The second-order valence-corrected chi connectivity index (χ2v) is 6.72. The summed E-state index contributed by atoms with van der Waals surface area (Å²) in [6, 6.07) is 12.9. The van der Waals surface area contributed by atoms with E-state index in [0.717, 1.165) is 10.5 Å². The number of halogens is 2. The first-order valence-corrected chi connectivity index (χ1v) is 9.03. The number of nitrogens with one attached hydrogen (secondary N) is 2. The number of hydrogen-bond donors (Lipinski definition) is 2. The molecule has 0 spiro atoms. The molecule has 2 rings (SSSR count). The van der Waals surface area contributed by atoms with Gasteiger partial charge in [0.1, 0.15) is 13.2 Å². The molecule has 1 atom stereocenters. The summed E-state index contributed by atoms with van der Waals surface area (Å²) in [5.74, 6) is 1.29. The van der Waals surface area contributed by atoms with Crippen LogP contribution >= 0.6 is 23.2 Å². The predicted molar refractivity (Wildman–Crippen MR) is 103 cm³/mol. The van der Waals surface area contributed by atoms with Crippen LogP contribution in [0.15, 0.2) is 42.5 Å². The fourth-order valence-electron chi connectivity index (χ4n) is 2.49. The Morgan fingerprint density at radius 3 is 2.54 bits per heavy atom. The quantitative estimate of drug-likeness (QED) is 0.637. The summed E-state index contributed by atoms with van der Waals surface area (Å²) in [4.78, 5) is 13.1. The topological polar surface area (TPSA) is 52.0 Å². The van der Waals surface area contributed by atoms with Crippen molar-refractivity contribution in [2.45, 2.75) is 6.54 Å². The van der Waals surface area contributed by atoms with Crippen molar-refractivity contribution in [3.63, 3.8) is 0 Å². The van der Waals surface area contributed by atoms with Gasteiger partial charge < -0.3 is 19.7 Å². The van der Waals surface area contributed by atoms with Gasteiger partial charge in [-0.25, -0.2) is 0 Å². The molecular weight excluding hydrogens is 375 g/mol. The van der Waals surface area contributed by atoms with Crippen molar-refractivity contribution in [2.75, 3.05) is 33.9 Å². The van der Waals surface area contributed by atoms with E-state index in [4.69, 9.17) is 32.7 Å². The van der Waals surface area contributed by atoms with Crippen LogP contribution < -0.4 is 19.7 Å². The molecule has 0 aliphatic heterocycles. The fraction of sp³-hybridized carbons (Fsp3) is 0.316. The van der Waals surface area contributed by atoms with Crippen molar-refractivity contribution in [3.8, 4) is 11.5 Å². The molecule has 0 aliphatic carbocycles. The number of carbonyl (C=O) groups is 1. The van der Waals surface area contributed by atoms with Gasteiger partial charge in [-0.15, -0.1) is 0 Å². The number of hydrogen-bond acceptors (Lipinski definition) is 3. The Balaban J connectivity index is 1.70. The van der Waals surface area contributed by atoms with Crippen molar-refractivity contribution in [1.29, 1.82) is 0 Å². The van der Waals surface area contributed by atoms with Gasteiger partial charge in [-0.05, 0) is 24.3 Å². The molecule has 0 aliphatic rings. The summed E-state index contributed by atoms with van der Waals surface area (Å²) in [5, 5.41) is 3.91. The van der Waals surface area contributed by atoms with Crippen LogP contribution in [0.25, 0.3) is 0 Å². The first-order valence-electron chi connectivity index (χ1n) is 8.27. The van der Waals surface area contributed by atoms with Crippen LogP contribution in [-0.4, -0.2) is 39.8 Å². The minimum Gasteiger partial charge on any atom is -0.493 e. The zero-order valence-electron chi connectivity index (χ0n) is 14.9. The molecule has 2 N–H and O–H groups in total. The van der Waals surface area contributed by atoms with E-state index in [9.17, 15) is 4.79 Å². The van der Waals surface area contributed by atoms with E-state index in [1.165, 1.54) is 0 Å². The number of benzene rings is 2. The highest BCUT2D eigenvalue weighted by molar-refractivity contribution is 6.42. The Labute approximate surface area is 163 Å². The lowest BCUT2D eigenvalue weighted by Crippen LogP contribution is -3.08. The smallest absolute Gasteiger partial charge is 0.275 e. The maximum absolute atomic E-state index is 12.0. The van der Waals surface area contributed by atoms with Gasteiger partial charge in [0, 0.05) is 5.56 Å². The lowest BCUT2D eigenvalue weighted by atomic mass is 10.2. The van der Waals surface area contributed by atoms with Gasteiger partial charge in [-0.2, -0.15) is 0 Å². The van der Waals surface area contributed by atoms with Crippen LogP contribution in [0.1, 0.15) is 5.56 Å². The Kier molecular flexibility index (Phi) is 8.04. The number of carbonyl (C=O) groups excluding carboxylic acids is 1. The summed E-state index contributed by atoms with van der Waals surface area (Å²) in [7, 11) is 3.55. The van der Waals surface area contributed by atoms with E-state index in [1.807, 2.05) is 43.4 Å². The highest BCUT2D eigenvalue weighted by Crippen LogP contribution is 2.25. The minimum absolute atomic E-state index is 0.0359. The predicted octanol–water partition coefficient (Wildman–Crippen LogP) is 2.21. The van der Waals surface area contributed by atoms with E-state index in [-0.39, 0.29) is 5.91 Å². The highest BCUT2D eigenvalue weighted by Gasteiger charge is 2.11. The van der Waals surface area contributed by atoms with Crippen LogP contribution in [0.3, 0.4) is 0 Å². The molecule has 2 aromatic rings. The minimum atomic E-state index is -0.0359. The Morgan fingerprint density at radius 1 is 1.12 bits per heavy atom. The number of para-hydroxylation sites is 2. The normalized spacial score (nSPS) is 11.7. The van der Waals surface area contributed by atoms with Gasteiger partial charge in [0.2, 0.25) is 0 Å². The van der Waals surface area contributed by atoms with Gasteiger partial charge >= 0.3 is 0 Å². The summed E-state index contributed by atoms with van der Waals surface area (Å²) >= 11 is 11.9. The molecule has 1 amide bonds. The molecule has 140 valence electrons. The van der Waals surface area contributed by atoms with Crippen LogP contribution in [0, 0.1) is 0 Å². The number of rotatable bonds is 9. The molecule has 0 saturated heterocycles. The first kappa shape index (κ1) is 20.4. The van der Waals surface area contributed by atoms with Crippen LogP contribution in [0.2, 0.25) is 10.0 Å². The van der Waals surface area contributed by atoms with Crippen LogP contribution in [0.4, 0.5) is 0 Å². The van der Waals surface area contributed by atoms with Crippen molar-refractivity contribution in [3.05, 3.63) is 58.1 Å². The molecule has 0 heterocycles. The third kappa shape index (κ3) is 6.41. The maximum Gasteiger partial charge on any atom is 0.275 e. The summed E-state index contributed by atoms with van der Waals surface area (Å²) in [6.07, 6.45) is 0. The average Bonchev–Trinajstić information content (AvgIpc) is 2.62. The van der Waals surface area contributed by atoms with Gasteiger partial charge in [0.25, 0.3) is 5.91 Å². The van der Waals surface area contributed by atoms with E-state index in [2.05, 4.69) is 5.32 Å². The largest absolute Gasteiger partial charge is 0.493 e. The van der Waals surface area contributed by atoms with Crippen molar-refractivity contribution < 1.29 is 19.2 Å². The molecule has 26 heavy (non-hydrogen) atoms. The number of ether oxygens (including phenoxy) is 2. The highest BCUT2D eigenvalue weighted by atomic mass is 35.5. The number of methoxy groups -OCH3 is 1. The third-order valence-electron chi connectivity index (χ3n) is 3.70. The first-order chi connectivity index (χ1) is 12.5. The zero-order chi connectivity index (χ0) is 18.9. The monoisotopic (exact) mass is 397 g/mol. The molecule has 7 heteroatoms. The van der Waals surface area contributed by atoms with Gasteiger partial charge in [-0.1, -0.05) is 41.4 Å². The molecular formula is C19H23Cl2N2O3+. The van der Waals surface area contributed by atoms with Gasteiger partial charge in [0.05, 0.1) is 30.7 Å². The summed E-state index contributed by atoms with van der Waals surface area (Å²) in [5.41, 5.74) is 1.03. The van der Waals surface area contributed by atoms with Crippen LogP contribution in [0.5, 0.6) is 11.5 Å². The summed E-state index contributed by atoms with van der Waals surface area (Å²) in [6.45, 7) is 1.84. The van der Waals surface area contributed by atoms with Gasteiger partial charge in [0.15, 0.2) is 18.0 Å². The molecule has 1 unspecified atom stereocenters. The van der Waals surface area contributed by atoms with Crippen LogP contribution in [-0.2, 0) is 11.3 Å². The number of amides is 1. The molecule has 0 bridgehead atoms. The van der Waals surface area contributed by atoms with Crippen molar-refractivity contribution in [2.24, 2.45) is 0 Å². The molecule has 0 fully saturated rings. The van der Waals surface area contributed by atoms with Gasteiger partial charge in [-0.3, -0.25) is 4.79 Å². The number of quaternary nitrogens is 1. The summed E-state index contributed by atoms with van der Waals surface area (Å²) < 4.78 is 10.8. The fourth-order valence-corrected chi connectivity index (χ4v) is 2.81. The molecule has 0 aromatic heterocycles. The molecule has 2 aromatic carbocycles. The second-order valence-electron chi connectivity index (χ2n) is 5.91. The second kappa shape index (κ2) is 10.3. The zero-order valence-corrected chi connectivity index (χ0v) is 16.4. The van der Waals surface area contributed by atoms with E-state index in [0.29, 0.717) is 47.8 Å². The third-order valence-corrected chi connectivity index (χ3v) is 4.44. The lowest BCUT2D eigenvalue weighted by Gasteiger charge is -2.15.